The first-order valence-corrected chi connectivity index (χ1v) is 11.9. The number of rotatable bonds is 3. The van der Waals surface area contributed by atoms with E-state index in [9.17, 15) is 4.39 Å². The highest BCUT2D eigenvalue weighted by Crippen LogP contribution is 2.51. The van der Waals surface area contributed by atoms with E-state index in [4.69, 9.17) is 9.84 Å². The molecular weight excluding hydrogens is 431 g/mol. The summed E-state index contributed by atoms with van der Waals surface area (Å²) in [6, 6.07) is 18.4. The Balaban J connectivity index is 1.64. The minimum absolute atomic E-state index is 0.268. The molecule has 0 amide bonds. The molecule has 2 aromatic heterocycles. The molecule has 6 rings (SSSR count). The summed E-state index contributed by atoms with van der Waals surface area (Å²) in [5, 5.41) is 11.0. The highest BCUT2D eigenvalue weighted by atomic mass is 32.2. The number of para-hydroxylation sites is 1. The second-order valence-electron chi connectivity index (χ2n) is 7.29. The summed E-state index contributed by atoms with van der Waals surface area (Å²) in [5.74, 6) is 1.22. The maximum atomic E-state index is 13.8. The summed E-state index contributed by atoms with van der Waals surface area (Å²) in [6.07, 6.45) is 1.66. The first kappa shape index (κ1) is 18.7. The van der Waals surface area contributed by atoms with Crippen LogP contribution in [0.25, 0.3) is 5.70 Å². The Morgan fingerprint density at radius 2 is 1.94 bits per heavy atom. The molecule has 4 aromatic rings. The van der Waals surface area contributed by atoms with E-state index < -0.39 is 0 Å². The number of aromatic nitrogens is 3. The Morgan fingerprint density at radius 1 is 1.10 bits per heavy atom. The highest BCUT2D eigenvalue weighted by molar-refractivity contribution is 7.98. The van der Waals surface area contributed by atoms with Crippen LogP contribution in [-0.2, 0) is 0 Å². The number of thiophene rings is 1. The van der Waals surface area contributed by atoms with Crippen molar-refractivity contribution in [3.63, 3.8) is 0 Å². The molecule has 154 valence electrons. The number of nitrogens with zero attached hydrogens (tertiary/aromatic N) is 3. The number of hydrogen-bond donors (Lipinski definition) is 1. The van der Waals surface area contributed by atoms with E-state index >= 15 is 0 Å². The first-order valence-electron chi connectivity index (χ1n) is 9.79. The van der Waals surface area contributed by atoms with Crippen LogP contribution in [0, 0.1) is 5.82 Å². The van der Waals surface area contributed by atoms with Crippen molar-refractivity contribution in [2.24, 2.45) is 0 Å². The van der Waals surface area contributed by atoms with Crippen LogP contribution < -0.4 is 10.1 Å². The molecule has 2 atom stereocenters. The van der Waals surface area contributed by atoms with E-state index in [2.05, 4.69) is 21.7 Å². The molecule has 0 saturated heterocycles. The Hall–Kier alpha value is -3.10. The molecule has 0 aliphatic carbocycles. The minimum Gasteiger partial charge on any atom is -0.480 e. The van der Waals surface area contributed by atoms with Crippen molar-refractivity contribution in [1.29, 1.82) is 0 Å². The second kappa shape index (κ2) is 7.25. The SMILES string of the molecule is CSc1nc2n(n1)[C@H](c1ccc(F)cc1)C1=C(N2)c2ccccc2O[C@@H]1c1cccs1. The largest absolute Gasteiger partial charge is 0.480 e. The fraction of sp³-hybridized carbons (Fsp3) is 0.130. The van der Waals surface area contributed by atoms with Crippen molar-refractivity contribution in [3.05, 3.63) is 93.4 Å². The lowest BCUT2D eigenvalue weighted by atomic mass is 9.86. The number of nitrogens with one attached hydrogen (secondary N) is 1. The molecule has 2 aliphatic rings. The van der Waals surface area contributed by atoms with Gasteiger partial charge in [-0.05, 0) is 47.5 Å². The zero-order chi connectivity index (χ0) is 20.9. The Labute approximate surface area is 186 Å². The molecular formula is C23H17FN4OS2. The van der Waals surface area contributed by atoms with Crippen LogP contribution in [0.15, 0.2) is 76.8 Å². The van der Waals surface area contributed by atoms with E-state index in [0.29, 0.717) is 11.1 Å². The molecule has 1 N–H and O–H groups in total. The van der Waals surface area contributed by atoms with Gasteiger partial charge < -0.3 is 10.1 Å². The van der Waals surface area contributed by atoms with Gasteiger partial charge >= 0.3 is 0 Å². The second-order valence-corrected chi connectivity index (χ2v) is 9.04. The third-order valence-corrected chi connectivity index (χ3v) is 6.98. The van der Waals surface area contributed by atoms with Crippen molar-refractivity contribution in [3.8, 4) is 5.75 Å². The number of thioether (sulfide) groups is 1. The summed E-state index contributed by atoms with van der Waals surface area (Å²) in [7, 11) is 0. The van der Waals surface area contributed by atoms with Gasteiger partial charge in [0.15, 0.2) is 6.10 Å². The molecule has 0 unspecified atom stereocenters. The average molecular weight is 449 g/mol. The highest BCUT2D eigenvalue weighted by Gasteiger charge is 2.41. The summed E-state index contributed by atoms with van der Waals surface area (Å²) in [5.41, 5.74) is 3.93. The van der Waals surface area contributed by atoms with Crippen LogP contribution in [0.5, 0.6) is 5.75 Å². The predicted molar refractivity (Wildman–Crippen MR) is 121 cm³/mol. The Bertz CT molecular complexity index is 1300. The standard InChI is InChI=1S/C23H17FN4OS2/c1-30-23-26-22-25-19-15-5-2-3-6-16(15)29-21(17-7-4-12-31-17)18(19)20(28(22)27-23)13-8-10-14(24)11-9-13/h2-12,20-21H,1H3,(H,25,26,27)/t20-,21-/m1/s1. The first-order chi connectivity index (χ1) is 15.2. The Morgan fingerprint density at radius 3 is 2.71 bits per heavy atom. The zero-order valence-electron chi connectivity index (χ0n) is 16.4. The molecule has 0 saturated carbocycles. The van der Waals surface area contributed by atoms with Crippen molar-refractivity contribution in [2.75, 3.05) is 11.6 Å². The van der Waals surface area contributed by atoms with Gasteiger partial charge in [0.25, 0.3) is 0 Å². The maximum Gasteiger partial charge on any atom is 0.227 e. The summed E-state index contributed by atoms with van der Waals surface area (Å²) >= 11 is 3.14. The number of benzene rings is 2. The van der Waals surface area contributed by atoms with Crippen LogP contribution in [0.4, 0.5) is 10.3 Å². The average Bonchev–Trinajstić information content (AvgIpc) is 3.47. The molecule has 0 fully saturated rings. The number of hydrogen-bond acceptors (Lipinski definition) is 6. The minimum atomic E-state index is -0.289. The smallest absolute Gasteiger partial charge is 0.227 e. The molecule has 2 aromatic carbocycles. The number of anilines is 1. The van der Waals surface area contributed by atoms with Crippen molar-refractivity contribution in [2.45, 2.75) is 17.3 Å². The van der Waals surface area contributed by atoms with E-state index in [1.165, 1.54) is 23.9 Å². The molecule has 5 nitrogen and oxygen atoms in total. The maximum absolute atomic E-state index is 13.8. The molecule has 8 heteroatoms. The van der Waals surface area contributed by atoms with E-state index in [0.717, 1.165) is 33.0 Å². The van der Waals surface area contributed by atoms with Gasteiger partial charge in [-0.15, -0.1) is 16.4 Å². The summed E-state index contributed by atoms with van der Waals surface area (Å²) in [4.78, 5) is 5.77. The topological polar surface area (TPSA) is 52.0 Å². The Kier molecular flexibility index (Phi) is 4.36. The van der Waals surface area contributed by atoms with E-state index in [-0.39, 0.29) is 18.0 Å². The lowest BCUT2D eigenvalue weighted by molar-refractivity contribution is 0.226. The van der Waals surface area contributed by atoms with Crippen LogP contribution >= 0.6 is 23.1 Å². The molecule has 0 bridgehead atoms. The monoisotopic (exact) mass is 448 g/mol. The molecule has 4 heterocycles. The lowest BCUT2D eigenvalue weighted by Gasteiger charge is -2.38. The zero-order valence-corrected chi connectivity index (χ0v) is 18.1. The number of fused-ring (bicyclic) bond motifs is 3. The van der Waals surface area contributed by atoms with Gasteiger partial charge in [-0.2, -0.15) is 4.98 Å². The van der Waals surface area contributed by atoms with Gasteiger partial charge in [0.1, 0.15) is 17.6 Å². The summed E-state index contributed by atoms with van der Waals surface area (Å²) < 4.78 is 22.2. The van der Waals surface area contributed by atoms with Gasteiger partial charge in [-0.3, -0.25) is 0 Å². The van der Waals surface area contributed by atoms with Gasteiger partial charge in [0, 0.05) is 16.0 Å². The molecule has 0 spiro atoms. The van der Waals surface area contributed by atoms with Crippen LogP contribution in [-0.4, -0.2) is 21.0 Å². The fourth-order valence-electron chi connectivity index (χ4n) is 4.19. The van der Waals surface area contributed by atoms with E-state index in [1.807, 2.05) is 53.4 Å². The quantitative estimate of drug-likeness (QED) is 0.404. The van der Waals surface area contributed by atoms with Gasteiger partial charge in [-0.1, -0.05) is 42.1 Å². The third-order valence-electron chi connectivity index (χ3n) is 5.53. The molecule has 0 radical (unpaired) electrons. The fourth-order valence-corrected chi connectivity index (χ4v) is 5.31. The van der Waals surface area contributed by atoms with Crippen LogP contribution in [0.1, 0.15) is 28.1 Å². The molecule has 2 aliphatic heterocycles. The number of halogens is 1. The van der Waals surface area contributed by atoms with Crippen molar-refractivity contribution >= 4 is 34.7 Å². The van der Waals surface area contributed by atoms with Crippen LogP contribution in [0.2, 0.25) is 0 Å². The van der Waals surface area contributed by atoms with Gasteiger partial charge in [-0.25, -0.2) is 9.07 Å². The third kappa shape index (κ3) is 2.97. The lowest BCUT2D eigenvalue weighted by Crippen LogP contribution is -2.32. The predicted octanol–water partition coefficient (Wildman–Crippen LogP) is 5.76. The number of ether oxygens (including phenoxy) is 1. The van der Waals surface area contributed by atoms with Gasteiger partial charge in [0.05, 0.1) is 5.70 Å². The van der Waals surface area contributed by atoms with Crippen molar-refractivity contribution in [1.82, 2.24) is 14.8 Å². The van der Waals surface area contributed by atoms with Gasteiger partial charge in [0.2, 0.25) is 11.1 Å². The summed E-state index contributed by atoms with van der Waals surface area (Å²) in [6.45, 7) is 0. The normalized spacial score (nSPS) is 19.2. The van der Waals surface area contributed by atoms with Crippen LogP contribution in [0.3, 0.4) is 0 Å². The van der Waals surface area contributed by atoms with E-state index in [1.54, 1.807) is 11.3 Å². The van der Waals surface area contributed by atoms with Crippen molar-refractivity contribution < 1.29 is 9.13 Å². The molecule has 31 heavy (non-hydrogen) atoms.